The van der Waals surface area contributed by atoms with Crippen LogP contribution >= 0.6 is 0 Å². The summed E-state index contributed by atoms with van der Waals surface area (Å²) in [6.45, 7) is 1.64. The van der Waals surface area contributed by atoms with Gasteiger partial charge in [-0.3, -0.25) is 4.79 Å². The first-order chi connectivity index (χ1) is 6.13. The number of ether oxygens (including phenoxy) is 2. The maximum absolute atomic E-state index is 11.0. The van der Waals surface area contributed by atoms with Gasteiger partial charge in [0.05, 0.1) is 7.11 Å². The van der Waals surface area contributed by atoms with E-state index in [1.807, 2.05) is 0 Å². The molecule has 1 rings (SSSR count). The molecule has 0 saturated carbocycles. The number of esters is 2. The van der Waals surface area contributed by atoms with Crippen LogP contribution in [0.15, 0.2) is 11.6 Å². The van der Waals surface area contributed by atoms with Crippen LogP contribution in [-0.2, 0) is 19.1 Å². The summed E-state index contributed by atoms with van der Waals surface area (Å²) in [4.78, 5) is 21.7. The Bertz CT molecular complexity index is 254. The van der Waals surface area contributed by atoms with Gasteiger partial charge in [-0.05, 0) is 19.4 Å². The van der Waals surface area contributed by atoms with Crippen LogP contribution in [-0.4, -0.2) is 25.2 Å². The summed E-state index contributed by atoms with van der Waals surface area (Å²) in [7, 11) is 1.32. The van der Waals surface area contributed by atoms with Crippen molar-refractivity contribution in [3.05, 3.63) is 11.6 Å². The van der Waals surface area contributed by atoms with E-state index in [1.165, 1.54) is 7.11 Å². The summed E-state index contributed by atoms with van der Waals surface area (Å²) < 4.78 is 9.40. The highest BCUT2D eigenvalue weighted by Crippen LogP contribution is 2.16. The van der Waals surface area contributed by atoms with Crippen molar-refractivity contribution in [2.75, 3.05) is 7.11 Å². The molecule has 1 fully saturated rings. The van der Waals surface area contributed by atoms with Gasteiger partial charge >= 0.3 is 11.9 Å². The third kappa shape index (κ3) is 2.57. The highest BCUT2D eigenvalue weighted by Gasteiger charge is 2.22. The van der Waals surface area contributed by atoms with E-state index in [0.717, 1.165) is 0 Å². The van der Waals surface area contributed by atoms with E-state index < -0.39 is 0 Å². The Morgan fingerprint density at radius 1 is 1.69 bits per heavy atom. The van der Waals surface area contributed by atoms with Gasteiger partial charge in [0.15, 0.2) is 0 Å². The molecular weight excluding hydrogens is 172 g/mol. The molecule has 0 radical (unpaired) electrons. The molecule has 4 heteroatoms. The summed E-state index contributed by atoms with van der Waals surface area (Å²) in [5.74, 6) is -0.595. The number of methoxy groups -OCH3 is 1. The number of rotatable bonds is 2. The second-order valence-corrected chi connectivity index (χ2v) is 2.91. The maximum atomic E-state index is 11.0. The first-order valence-corrected chi connectivity index (χ1v) is 4.09. The molecule has 0 N–H and O–H groups in total. The molecule has 1 atom stereocenters. The van der Waals surface area contributed by atoms with Gasteiger partial charge in [-0.25, -0.2) is 4.79 Å². The Kier molecular flexibility index (Phi) is 3.06. The predicted octanol–water partition coefficient (Wildman–Crippen LogP) is 0.811. The average Bonchev–Trinajstić information content (AvgIpc) is 2.49. The van der Waals surface area contributed by atoms with Crippen molar-refractivity contribution in [3.63, 3.8) is 0 Å². The van der Waals surface area contributed by atoms with Gasteiger partial charge in [-0.15, -0.1) is 0 Å². The van der Waals surface area contributed by atoms with Crippen LogP contribution in [0.3, 0.4) is 0 Å². The van der Waals surface area contributed by atoms with Gasteiger partial charge in [0, 0.05) is 12.0 Å². The molecule has 1 aliphatic rings. The molecule has 0 aliphatic carbocycles. The van der Waals surface area contributed by atoms with Gasteiger partial charge in [-0.1, -0.05) is 0 Å². The largest absolute Gasteiger partial charge is 0.466 e. The smallest absolute Gasteiger partial charge is 0.333 e. The average molecular weight is 184 g/mol. The summed E-state index contributed by atoms with van der Waals surface area (Å²) in [5, 5.41) is 0. The van der Waals surface area contributed by atoms with E-state index in [1.54, 1.807) is 13.0 Å². The summed E-state index contributed by atoms with van der Waals surface area (Å²) >= 11 is 0. The molecule has 0 aromatic carbocycles. The number of hydrogen-bond acceptors (Lipinski definition) is 4. The molecule has 0 aromatic rings. The minimum absolute atomic E-state index is 0.209. The van der Waals surface area contributed by atoms with E-state index in [9.17, 15) is 9.59 Å². The van der Waals surface area contributed by atoms with Crippen LogP contribution in [0.1, 0.15) is 19.8 Å². The Labute approximate surface area is 76.5 Å². The van der Waals surface area contributed by atoms with Crippen LogP contribution in [0, 0.1) is 0 Å². The van der Waals surface area contributed by atoms with Crippen LogP contribution in [0.5, 0.6) is 0 Å². The summed E-state index contributed by atoms with van der Waals surface area (Å²) in [5.41, 5.74) is 0.474. The minimum atomic E-state index is -0.386. The van der Waals surface area contributed by atoms with Crippen LogP contribution < -0.4 is 0 Å². The molecule has 0 aromatic heterocycles. The summed E-state index contributed by atoms with van der Waals surface area (Å²) in [6.07, 6.45) is 2.44. The Morgan fingerprint density at radius 3 is 2.85 bits per heavy atom. The van der Waals surface area contributed by atoms with Gasteiger partial charge < -0.3 is 9.47 Å². The molecule has 1 heterocycles. The van der Waals surface area contributed by atoms with E-state index in [0.29, 0.717) is 18.4 Å². The fraction of sp³-hybridized carbons (Fsp3) is 0.556. The van der Waals surface area contributed by atoms with Crippen molar-refractivity contribution >= 4 is 11.9 Å². The molecule has 4 nitrogen and oxygen atoms in total. The lowest BCUT2D eigenvalue weighted by Crippen LogP contribution is -2.08. The lowest BCUT2D eigenvalue weighted by molar-refractivity contribution is -0.140. The molecule has 1 saturated heterocycles. The van der Waals surface area contributed by atoms with Gasteiger partial charge in [0.25, 0.3) is 0 Å². The first-order valence-electron chi connectivity index (χ1n) is 4.09. The number of carbonyl (C=O) groups is 2. The fourth-order valence-corrected chi connectivity index (χ4v) is 1.17. The van der Waals surface area contributed by atoms with Crippen molar-refractivity contribution in [1.82, 2.24) is 0 Å². The highest BCUT2D eigenvalue weighted by atomic mass is 16.5. The Hall–Kier alpha value is -1.32. The van der Waals surface area contributed by atoms with Crippen molar-refractivity contribution in [1.29, 1.82) is 0 Å². The molecule has 72 valence electrons. The third-order valence-electron chi connectivity index (χ3n) is 1.86. The monoisotopic (exact) mass is 184 g/mol. The second-order valence-electron chi connectivity index (χ2n) is 2.91. The third-order valence-corrected chi connectivity index (χ3v) is 1.86. The minimum Gasteiger partial charge on any atom is -0.466 e. The lowest BCUT2D eigenvalue weighted by atomic mass is 10.1. The summed E-state index contributed by atoms with van der Waals surface area (Å²) in [6, 6.07) is 0. The molecule has 1 aliphatic heterocycles. The zero-order chi connectivity index (χ0) is 9.84. The quantitative estimate of drug-likeness (QED) is 0.470. The van der Waals surface area contributed by atoms with Crippen molar-refractivity contribution < 1.29 is 19.1 Å². The van der Waals surface area contributed by atoms with E-state index in [2.05, 4.69) is 4.74 Å². The number of carbonyl (C=O) groups excluding carboxylic acids is 2. The van der Waals surface area contributed by atoms with Crippen LogP contribution in [0.2, 0.25) is 0 Å². The fourth-order valence-electron chi connectivity index (χ4n) is 1.17. The molecule has 0 bridgehead atoms. The van der Waals surface area contributed by atoms with E-state index >= 15 is 0 Å². The van der Waals surface area contributed by atoms with E-state index in [4.69, 9.17) is 4.74 Å². The maximum Gasteiger partial charge on any atom is 0.333 e. The zero-order valence-electron chi connectivity index (χ0n) is 7.70. The van der Waals surface area contributed by atoms with Crippen molar-refractivity contribution in [2.45, 2.75) is 25.9 Å². The van der Waals surface area contributed by atoms with Gasteiger partial charge in [0.1, 0.15) is 6.10 Å². The zero-order valence-corrected chi connectivity index (χ0v) is 7.70. The van der Waals surface area contributed by atoms with Crippen LogP contribution in [0.4, 0.5) is 0 Å². The van der Waals surface area contributed by atoms with Gasteiger partial charge in [-0.2, -0.15) is 0 Å². The number of cyclic esters (lactones) is 1. The standard InChI is InChI=1S/C9H12O4/c1-6(9(11)12-2)5-7-3-4-8(10)13-7/h5,7H,3-4H2,1-2H3/b6-5+. The molecular formula is C9H12O4. The molecule has 0 spiro atoms. The SMILES string of the molecule is COC(=O)/C(C)=C/C1CCC(=O)O1. The Morgan fingerprint density at radius 2 is 2.38 bits per heavy atom. The lowest BCUT2D eigenvalue weighted by Gasteiger charge is -2.04. The van der Waals surface area contributed by atoms with Crippen LogP contribution in [0.25, 0.3) is 0 Å². The predicted molar refractivity (Wildman–Crippen MR) is 44.9 cm³/mol. The molecule has 13 heavy (non-hydrogen) atoms. The Balaban J connectivity index is 2.55. The first kappa shape index (κ1) is 9.77. The second kappa shape index (κ2) is 4.07. The van der Waals surface area contributed by atoms with Gasteiger partial charge in [0.2, 0.25) is 0 Å². The van der Waals surface area contributed by atoms with E-state index in [-0.39, 0.29) is 18.0 Å². The highest BCUT2D eigenvalue weighted by molar-refractivity contribution is 5.87. The number of hydrogen-bond donors (Lipinski definition) is 0. The molecule has 1 unspecified atom stereocenters. The molecule has 0 amide bonds. The van der Waals surface area contributed by atoms with Crippen molar-refractivity contribution in [3.8, 4) is 0 Å². The normalized spacial score (nSPS) is 22.8. The topological polar surface area (TPSA) is 52.6 Å². The van der Waals surface area contributed by atoms with Crippen molar-refractivity contribution in [2.24, 2.45) is 0 Å².